The molecule has 0 radical (unpaired) electrons. The van der Waals surface area contributed by atoms with E-state index in [4.69, 9.17) is 4.99 Å². The molecule has 0 fully saturated rings. The fourth-order valence-corrected chi connectivity index (χ4v) is 3.71. The monoisotopic (exact) mass is 432 g/mol. The third-order valence-electron chi connectivity index (χ3n) is 5.24. The van der Waals surface area contributed by atoms with Crippen LogP contribution in [-0.4, -0.2) is 26.5 Å². The fourth-order valence-electron chi connectivity index (χ4n) is 3.71. The number of nitrogens with one attached hydrogen (secondary N) is 1. The molecular weight excluding hydrogens is 416 g/mol. The molecule has 3 aromatic rings. The molecule has 3 heterocycles. The number of pyridine rings is 2. The van der Waals surface area contributed by atoms with Gasteiger partial charge in [0.2, 0.25) is 5.95 Å². The van der Waals surface area contributed by atoms with Crippen molar-refractivity contribution in [1.82, 2.24) is 14.9 Å². The minimum Gasteiger partial charge on any atom is -0.505 e. The lowest BCUT2D eigenvalue weighted by atomic mass is 9.79. The van der Waals surface area contributed by atoms with Crippen molar-refractivity contribution in [3.8, 4) is 5.75 Å². The zero-order chi connectivity index (χ0) is 22.3. The highest BCUT2D eigenvalue weighted by atomic mass is 19.3. The topological polar surface area (TPSA) is 79.5 Å². The normalized spacial score (nSPS) is 20.6. The van der Waals surface area contributed by atoms with Gasteiger partial charge in [0, 0.05) is 29.6 Å². The van der Waals surface area contributed by atoms with Crippen LogP contribution in [-0.2, 0) is 5.54 Å². The first-order chi connectivity index (χ1) is 14.7. The van der Waals surface area contributed by atoms with Crippen molar-refractivity contribution in [2.75, 3.05) is 0 Å². The minimum absolute atomic E-state index is 0.190. The molecule has 6 nitrogen and oxygen atoms in total. The summed E-state index contributed by atoms with van der Waals surface area (Å²) in [6, 6.07) is 8.09. The SMILES string of the molecule is C[C@@H]1NC(c2ccc(=O)n(C(F)F)c2)=N[C@]1(c1ccc(F)nc1)c1ccc(F)c(O)c1. The van der Waals surface area contributed by atoms with Gasteiger partial charge in [0.25, 0.3) is 5.56 Å². The number of phenols is 1. The molecule has 0 aliphatic carbocycles. The van der Waals surface area contributed by atoms with E-state index in [1.165, 1.54) is 30.5 Å². The molecule has 10 heteroatoms. The van der Waals surface area contributed by atoms with Gasteiger partial charge in [0.05, 0.1) is 6.04 Å². The van der Waals surface area contributed by atoms with E-state index in [9.17, 15) is 27.5 Å². The van der Waals surface area contributed by atoms with Crippen molar-refractivity contribution in [1.29, 1.82) is 0 Å². The molecular formula is C21H16F4N4O2. The Morgan fingerprint density at radius 2 is 1.87 bits per heavy atom. The van der Waals surface area contributed by atoms with E-state index in [0.29, 0.717) is 11.1 Å². The van der Waals surface area contributed by atoms with Crippen LogP contribution in [0.5, 0.6) is 5.75 Å². The van der Waals surface area contributed by atoms with Crippen molar-refractivity contribution in [3.05, 3.63) is 93.7 Å². The second kappa shape index (κ2) is 7.53. The number of aromatic hydroxyl groups is 1. The van der Waals surface area contributed by atoms with Crippen LogP contribution in [0.2, 0.25) is 0 Å². The van der Waals surface area contributed by atoms with Crippen LogP contribution in [0.4, 0.5) is 17.6 Å². The molecule has 0 amide bonds. The molecule has 2 N–H and O–H groups in total. The highest BCUT2D eigenvalue weighted by Gasteiger charge is 2.45. The van der Waals surface area contributed by atoms with Gasteiger partial charge in [-0.25, -0.2) is 14.4 Å². The smallest absolute Gasteiger partial charge is 0.321 e. The first-order valence-electron chi connectivity index (χ1n) is 9.20. The first kappa shape index (κ1) is 20.6. The first-order valence-corrected chi connectivity index (χ1v) is 9.20. The lowest BCUT2D eigenvalue weighted by Gasteiger charge is -2.31. The molecule has 160 valence electrons. The predicted octanol–water partition coefficient (Wildman–Crippen LogP) is 3.30. The number of rotatable bonds is 4. The Morgan fingerprint density at radius 3 is 2.52 bits per heavy atom. The van der Waals surface area contributed by atoms with Gasteiger partial charge in [-0.3, -0.25) is 9.36 Å². The number of aromatic nitrogens is 2. The third-order valence-corrected chi connectivity index (χ3v) is 5.24. The van der Waals surface area contributed by atoms with E-state index < -0.39 is 41.2 Å². The summed E-state index contributed by atoms with van der Waals surface area (Å²) in [5.74, 6) is -1.96. The van der Waals surface area contributed by atoms with Crippen LogP contribution in [0, 0.1) is 11.8 Å². The highest BCUT2D eigenvalue weighted by Crippen LogP contribution is 2.42. The lowest BCUT2D eigenvalue weighted by molar-refractivity contribution is 0.0663. The van der Waals surface area contributed by atoms with Crippen molar-refractivity contribution < 1.29 is 22.7 Å². The van der Waals surface area contributed by atoms with Crippen LogP contribution in [0.15, 0.2) is 64.6 Å². The molecule has 4 rings (SSSR count). The van der Waals surface area contributed by atoms with Gasteiger partial charge in [0.1, 0.15) is 11.4 Å². The Kier molecular flexibility index (Phi) is 5.00. The minimum atomic E-state index is -3.04. The van der Waals surface area contributed by atoms with Gasteiger partial charge in [-0.2, -0.15) is 13.2 Å². The molecule has 0 unspecified atom stereocenters. The van der Waals surface area contributed by atoms with Crippen LogP contribution < -0.4 is 10.9 Å². The van der Waals surface area contributed by atoms with E-state index in [2.05, 4.69) is 10.3 Å². The quantitative estimate of drug-likeness (QED) is 0.490. The summed E-state index contributed by atoms with van der Waals surface area (Å²) in [5.41, 5.74) is -1.14. The van der Waals surface area contributed by atoms with Crippen LogP contribution in [0.3, 0.4) is 0 Å². The molecule has 0 saturated heterocycles. The van der Waals surface area contributed by atoms with E-state index in [1.54, 1.807) is 6.92 Å². The second-order valence-corrected chi connectivity index (χ2v) is 7.07. The summed E-state index contributed by atoms with van der Waals surface area (Å²) in [7, 11) is 0. The Bertz CT molecular complexity index is 1230. The van der Waals surface area contributed by atoms with Crippen LogP contribution in [0.1, 0.15) is 30.2 Å². The molecule has 1 aliphatic rings. The van der Waals surface area contributed by atoms with Gasteiger partial charge in [0.15, 0.2) is 11.6 Å². The summed E-state index contributed by atoms with van der Waals surface area (Å²) in [5, 5.41) is 13.0. The van der Waals surface area contributed by atoms with Gasteiger partial charge >= 0.3 is 6.55 Å². The number of phenolic OH excluding ortho intramolecular Hbond substituents is 1. The Morgan fingerprint density at radius 1 is 1.13 bits per heavy atom. The van der Waals surface area contributed by atoms with Crippen molar-refractivity contribution >= 4 is 5.84 Å². The number of hydrogen-bond donors (Lipinski definition) is 2. The summed E-state index contributed by atoms with van der Waals surface area (Å²) in [6.45, 7) is -1.30. The maximum Gasteiger partial charge on any atom is 0.321 e. The Labute approximate surface area is 173 Å². The maximum absolute atomic E-state index is 13.7. The predicted molar refractivity (Wildman–Crippen MR) is 104 cm³/mol. The van der Waals surface area contributed by atoms with Crippen molar-refractivity contribution in [2.24, 2.45) is 4.99 Å². The maximum atomic E-state index is 13.7. The summed E-state index contributed by atoms with van der Waals surface area (Å²) < 4.78 is 53.8. The van der Waals surface area contributed by atoms with E-state index >= 15 is 0 Å². The average molecular weight is 432 g/mol. The van der Waals surface area contributed by atoms with Crippen molar-refractivity contribution in [2.45, 2.75) is 25.1 Å². The van der Waals surface area contributed by atoms with Gasteiger partial charge in [-0.1, -0.05) is 12.1 Å². The number of nitrogens with zero attached hydrogens (tertiary/aromatic N) is 3. The molecule has 31 heavy (non-hydrogen) atoms. The molecule has 0 saturated carbocycles. The molecule has 0 spiro atoms. The zero-order valence-electron chi connectivity index (χ0n) is 16.1. The zero-order valence-corrected chi connectivity index (χ0v) is 16.1. The van der Waals surface area contributed by atoms with Gasteiger partial charge in [-0.05, 0) is 36.8 Å². The van der Waals surface area contributed by atoms with E-state index in [-0.39, 0.29) is 16.0 Å². The molecule has 1 aromatic carbocycles. The van der Waals surface area contributed by atoms with Crippen LogP contribution in [0.25, 0.3) is 0 Å². The molecule has 2 aromatic heterocycles. The number of benzene rings is 1. The number of halogens is 4. The molecule has 2 atom stereocenters. The third kappa shape index (κ3) is 3.43. The summed E-state index contributed by atoms with van der Waals surface area (Å²) >= 11 is 0. The number of amidine groups is 1. The second-order valence-electron chi connectivity index (χ2n) is 7.07. The Hall–Kier alpha value is -3.69. The van der Waals surface area contributed by atoms with E-state index in [1.807, 2.05) is 0 Å². The summed E-state index contributed by atoms with van der Waals surface area (Å²) in [6.07, 6.45) is 2.24. The van der Waals surface area contributed by atoms with E-state index in [0.717, 1.165) is 24.4 Å². The van der Waals surface area contributed by atoms with Gasteiger partial charge < -0.3 is 10.4 Å². The van der Waals surface area contributed by atoms with Gasteiger partial charge in [-0.15, -0.1) is 0 Å². The van der Waals surface area contributed by atoms with Crippen molar-refractivity contribution in [3.63, 3.8) is 0 Å². The largest absolute Gasteiger partial charge is 0.505 e. The molecule has 1 aliphatic heterocycles. The Balaban J connectivity index is 1.94. The number of hydrogen-bond acceptors (Lipinski definition) is 5. The summed E-state index contributed by atoms with van der Waals surface area (Å²) in [4.78, 5) is 20.0. The highest BCUT2D eigenvalue weighted by molar-refractivity contribution is 6.01. The fraction of sp³-hybridized carbons (Fsp3) is 0.190. The van der Waals surface area contributed by atoms with Crippen LogP contribution >= 0.6 is 0 Å². The lowest BCUT2D eigenvalue weighted by Crippen LogP contribution is -2.41. The number of alkyl halides is 2. The molecule has 0 bridgehead atoms. The average Bonchev–Trinajstić information content (AvgIpc) is 3.09. The number of aliphatic imine (C=N–C) groups is 1. The standard InChI is InChI=1S/C21H16F4N4O2/c1-11-21(14-4-6-17(23)26-9-14,13-3-5-15(22)16(30)8-13)28-19(27-11)12-2-7-18(31)29(10-12)20(24)25/h2-11,20,30H,1H3,(H,27,28)/t11-,21-/m0/s1.